The quantitative estimate of drug-likeness (QED) is 0.889. The van der Waals surface area contributed by atoms with Gasteiger partial charge in [-0.2, -0.15) is 0 Å². The zero-order valence-electron chi connectivity index (χ0n) is 11.6. The van der Waals surface area contributed by atoms with E-state index in [1.165, 1.54) is 19.5 Å². The number of hydrogen-bond acceptors (Lipinski definition) is 2. The summed E-state index contributed by atoms with van der Waals surface area (Å²) in [6.07, 6.45) is 1.29. The van der Waals surface area contributed by atoms with Gasteiger partial charge in [-0.05, 0) is 63.0 Å². The number of nitrogens with zero attached hydrogens (tertiary/aromatic N) is 1. The Morgan fingerprint density at radius 2 is 2.16 bits per heavy atom. The first-order chi connectivity index (χ1) is 9.06. The summed E-state index contributed by atoms with van der Waals surface area (Å²) >= 11 is 12.1. The van der Waals surface area contributed by atoms with E-state index in [1.54, 1.807) is 0 Å². The molecule has 1 aliphatic rings. The van der Waals surface area contributed by atoms with E-state index in [2.05, 4.69) is 24.1 Å². The Morgan fingerprint density at radius 1 is 1.37 bits per heavy atom. The zero-order chi connectivity index (χ0) is 13.8. The minimum Gasteiger partial charge on any atom is -0.312 e. The summed E-state index contributed by atoms with van der Waals surface area (Å²) in [6, 6.07) is 6.28. The van der Waals surface area contributed by atoms with E-state index in [0.717, 1.165) is 34.6 Å². The van der Waals surface area contributed by atoms with Gasteiger partial charge in [0.05, 0.1) is 0 Å². The van der Waals surface area contributed by atoms with E-state index < -0.39 is 0 Å². The van der Waals surface area contributed by atoms with Gasteiger partial charge in [0.1, 0.15) is 0 Å². The molecule has 1 aromatic rings. The van der Waals surface area contributed by atoms with Gasteiger partial charge >= 0.3 is 0 Å². The molecule has 19 heavy (non-hydrogen) atoms. The van der Waals surface area contributed by atoms with Crippen molar-refractivity contribution in [2.45, 2.75) is 32.9 Å². The molecule has 1 N–H and O–H groups in total. The maximum atomic E-state index is 6.15. The van der Waals surface area contributed by atoms with Crippen molar-refractivity contribution in [3.63, 3.8) is 0 Å². The molecule has 1 unspecified atom stereocenters. The maximum Gasteiger partial charge on any atom is 0.0451 e. The monoisotopic (exact) mass is 300 g/mol. The van der Waals surface area contributed by atoms with Crippen LogP contribution >= 0.6 is 23.2 Å². The van der Waals surface area contributed by atoms with Gasteiger partial charge in [0.15, 0.2) is 0 Å². The highest BCUT2D eigenvalue weighted by molar-refractivity contribution is 6.33. The molecule has 1 atom stereocenters. The molecule has 1 heterocycles. The molecule has 1 aliphatic heterocycles. The molecule has 1 fully saturated rings. The molecule has 0 saturated carbocycles. The van der Waals surface area contributed by atoms with Crippen LogP contribution in [-0.4, -0.2) is 30.6 Å². The van der Waals surface area contributed by atoms with Crippen molar-refractivity contribution in [2.24, 2.45) is 5.92 Å². The summed E-state index contributed by atoms with van der Waals surface area (Å²) in [4.78, 5) is 2.54. The lowest BCUT2D eigenvalue weighted by Crippen LogP contribution is -2.30. The average molecular weight is 301 g/mol. The molecular weight excluding hydrogens is 279 g/mol. The third-order valence-corrected chi connectivity index (χ3v) is 4.41. The molecule has 0 aliphatic carbocycles. The molecule has 0 spiro atoms. The first kappa shape index (κ1) is 15.1. The van der Waals surface area contributed by atoms with Crippen LogP contribution in [0.1, 0.15) is 25.8 Å². The molecular formula is C15H22Cl2N2. The predicted molar refractivity (Wildman–Crippen MR) is 83.0 cm³/mol. The highest BCUT2D eigenvalue weighted by atomic mass is 35.5. The van der Waals surface area contributed by atoms with Crippen molar-refractivity contribution >= 4 is 23.2 Å². The van der Waals surface area contributed by atoms with Gasteiger partial charge in [0.2, 0.25) is 0 Å². The molecule has 0 radical (unpaired) electrons. The molecule has 2 nitrogen and oxygen atoms in total. The van der Waals surface area contributed by atoms with Gasteiger partial charge in [-0.15, -0.1) is 0 Å². The molecule has 2 rings (SSSR count). The van der Waals surface area contributed by atoms with Crippen LogP contribution in [-0.2, 0) is 6.54 Å². The van der Waals surface area contributed by atoms with Crippen molar-refractivity contribution in [3.8, 4) is 0 Å². The molecule has 1 saturated heterocycles. The summed E-state index contributed by atoms with van der Waals surface area (Å²) in [7, 11) is 0. The van der Waals surface area contributed by atoms with E-state index in [9.17, 15) is 0 Å². The second-order valence-corrected chi connectivity index (χ2v) is 6.45. The van der Waals surface area contributed by atoms with Crippen molar-refractivity contribution in [3.05, 3.63) is 33.8 Å². The number of nitrogens with one attached hydrogen (secondary N) is 1. The maximum absolute atomic E-state index is 6.15. The van der Waals surface area contributed by atoms with Crippen LogP contribution < -0.4 is 5.32 Å². The van der Waals surface area contributed by atoms with E-state index in [4.69, 9.17) is 23.2 Å². The van der Waals surface area contributed by atoms with Crippen LogP contribution in [0, 0.1) is 5.92 Å². The highest BCUT2D eigenvalue weighted by Crippen LogP contribution is 2.21. The zero-order valence-corrected chi connectivity index (χ0v) is 13.1. The smallest absolute Gasteiger partial charge is 0.0451 e. The van der Waals surface area contributed by atoms with Crippen LogP contribution in [0.4, 0.5) is 0 Å². The lowest BCUT2D eigenvalue weighted by molar-refractivity contribution is 0.264. The summed E-state index contributed by atoms with van der Waals surface area (Å²) in [5.74, 6) is 0.750. The van der Waals surface area contributed by atoms with E-state index >= 15 is 0 Å². The normalized spacial score (nSPS) is 20.4. The Bertz CT molecular complexity index is 421. The first-order valence-corrected chi connectivity index (χ1v) is 7.70. The van der Waals surface area contributed by atoms with E-state index in [0.29, 0.717) is 6.04 Å². The minimum atomic E-state index is 0.660. The Labute approximate surface area is 126 Å². The Hall–Kier alpha value is -0.280. The summed E-state index contributed by atoms with van der Waals surface area (Å²) in [5, 5.41) is 5.03. The lowest BCUT2D eigenvalue weighted by atomic mass is 10.1. The van der Waals surface area contributed by atoms with Crippen molar-refractivity contribution in [1.82, 2.24) is 10.2 Å². The second-order valence-electron chi connectivity index (χ2n) is 5.61. The van der Waals surface area contributed by atoms with Gasteiger partial charge in [-0.3, -0.25) is 0 Å². The molecule has 0 bridgehead atoms. The number of hydrogen-bond donors (Lipinski definition) is 1. The standard InChI is InChI=1S/C15H22Cl2N2/c1-11(2)19-6-5-12(10-19)8-18-9-13-7-14(16)3-4-15(13)17/h3-4,7,11-12,18H,5-6,8-10H2,1-2H3. The number of halogens is 2. The van der Waals surface area contributed by atoms with Crippen LogP contribution in [0.5, 0.6) is 0 Å². The Balaban J connectivity index is 1.77. The fourth-order valence-electron chi connectivity index (χ4n) is 2.59. The van der Waals surface area contributed by atoms with Gasteiger partial charge < -0.3 is 10.2 Å². The van der Waals surface area contributed by atoms with Crippen molar-refractivity contribution < 1.29 is 0 Å². The number of likely N-dealkylation sites (tertiary alicyclic amines) is 1. The third-order valence-electron chi connectivity index (χ3n) is 3.80. The van der Waals surface area contributed by atoms with Gasteiger partial charge in [-0.1, -0.05) is 23.2 Å². The predicted octanol–water partition coefficient (Wildman–Crippen LogP) is 3.81. The molecule has 106 valence electrons. The van der Waals surface area contributed by atoms with Gasteiger partial charge in [-0.25, -0.2) is 0 Å². The average Bonchev–Trinajstić information content (AvgIpc) is 2.82. The molecule has 1 aromatic carbocycles. The van der Waals surface area contributed by atoms with E-state index in [1.807, 2.05) is 18.2 Å². The molecule has 0 amide bonds. The van der Waals surface area contributed by atoms with Crippen LogP contribution in [0.2, 0.25) is 10.0 Å². The van der Waals surface area contributed by atoms with Gasteiger partial charge in [0.25, 0.3) is 0 Å². The first-order valence-electron chi connectivity index (χ1n) is 6.95. The molecule has 0 aromatic heterocycles. The minimum absolute atomic E-state index is 0.660. The summed E-state index contributed by atoms with van der Waals surface area (Å²) < 4.78 is 0. The highest BCUT2D eigenvalue weighted by Gasteiger charge is 2.23. The SMILES string of the molecule is CC(C)N1CCC(CNCc2cc(Cl)ccc2Cl)C1. The van der Waals surface area contributed by atoms with E-state index in [-0.39, 0.29) is 0 Å². The molecule has 4 heteroatoms. The second kappa shape index (κ2) is 6.94. The van der Waals surface area contributed by atoms with Gasteiger partial charge in [0, 0.05) is 29.2 Å². The third kappa shape index (κ3) is 4.35. The number of rotatable bonds is 5. The Morgan fingerprint density at radius 3 is 2.84 bits per heavy atom. The number of benzene rings is 1. The fourth-order valence-corrected chi connectivity index (χ4v) is 2.97. The van der Waals surface area contributed by atoms with Crippen LogP contribution in [0.15, 0.2) is 18.2 Å². The van der Waals surface area contributed by atoms with Crippen molar-refractivity contribution in [1.29, 1.82) is 0 Å². The van der Waals surface area contributed by atoms with Crippen molar-refractivity contribution in [2.75, 3.05) is 19.6 Å². The Kier molecular flexibility index (Phi) is 5.52. The lowest BCUT2D eigenvalue weighted by Gasteiger charge is -2.20. The fraction of sp³-hybridized carbons (Fsp3) is 0.600. The largest absolute Gasteiger partial charge is 0.312 e. The van der Waals surface area contributed by atoms with Crippen LogP contribution in [0.25, 0.3) is 0 Å². The summed E-state index contributed by atoms with van der Waals surface area (Å²) in [6.45, 7) is 8.79. The topological polar surface area (TPSA) is 15.3 Å². The van der Waals surface area contributed by atoms with Crippen LogP contribution in [0.3, 0.4) is 0 Å². The summed E-state index contributed by atoms with van der Waals surface area (Å²) in [5.41, 5.74) is 1.08.